The molecule has 3 amide bonds. The van der Waals surface area contributed by atoms with Crippen LogP contribution < -0.4 is 5.32 Å². The summed E-state index contributed by atoms with van der Waals surface area (Å²) in [6.45, 7) is 3.78. The molecule has 0 radical (unpaired) electrons. The second-order valence-corrected chi connectivity index (χ2v) is 6.41. The van der Waals surface area contributed by atoms with Gasteiger partial charge in [0.25, 0.3) is 5.91 Å². The number of halogens is 1. The second kappa shape index (κ2) is 8.78. The first-order chi connectivity index (χ1) is 12.4. The number of carbonyl (C=O) groups excluding carboxylic acids is 3. The Hall–Kier alpha value is -2.44. The van der Waals surface area contributed by atoms with E-state index in [2.05, 4.69) is 5.32 Å². The monoisotopic (exact) mass is 364 g/mol. The van der Waals surface area contributed by atoms with Crippen molar-refractivity contribution in [3.63, 3.8) is 0 Å². The van der Waals surface area contributed by atoms with Gasteiger partial charge in [-0.25, -0.2) is 9.18 Å². The lowest BCUT2D eigenvalue weighted by molar-refractivity contribution is -0.148. The molecule has 0 unspecified atom stereocenters. The van der Waals surface area contributed by atoms with E-state index < -0.39 is 35.8 Å². The van der Waals surface area contributed by atoms with Crippen LogP contribution in [-0.4, -0.2) is 36.0 Å². The van der Waals surface area contributed by atoms with Gasteiger partial charge in [0.05, 0.1) is 6.61 Å². The van der Waals surface area contributed by atoms with Gasteiger partial charge in [-0.1, -0.05) is 45.2 Å². The van der Waals surface area contributed by atoms with Crippen LogP contribution >= 0.6 is 0 Å². The molecule has 1 atom stereocenters. The summed E-state index contributed by atoms with van der Waals surface area (Å²) in [7, 11) is 0. The Morgan fingerprint density at radius 3 is 2.42 bits per heavy atom. The minimum Gasteiger partial charge on any atom is -0.464 e. The zero-order valence-electron chi connectivity index (χ0n) is 15.2. The molecule has 0 bridgehead atoms. The molecule has 1 heterocycles. The quantitative estimate of drug-likeness (QED) is 0.415. The molecule has 1 aliphatic rings. The van der Waals surface area contributed by atoms with Crippen molar-refractivity contribution in [2.24, 2.45) is 0 Å². The highest BCUT2D eigenvalue weighted by Gasteiger charge is 2.52. The Morgan fingerprint density at radius 2 is 1.81 bits per heavy atom. The normalized spacial score (nSPS) is 19.6. The summed E-state index contributed by atoms with van der Waals surface area (Å²) >= 11 is 0. The van der Waals surface area contributed by atoms with E-state index >= 15 is 0 Å². The van der Waals surface area contributed by atoms with Gasteiger partial charge in [-0.2, -0.15) is 0 Å². The van der Waals surface area contributed by atoms with Gasteiger partial charge < -0.3 is 10.1 Å². The number of imide groups is 1. The lowest BCUT2D eigenvalue weighted by Gasteiger charge is -2.27. The first-order valence-corrected chi connectivity index (χ1v) is 9.00. The number of rotatable bonds is 9. The third-order valence-electron chi connectivity index (χ3n) is 4.47. The number of nitrogens with one attached hydrogen (secondary N) is 1. The maximum Gasteiger partial charge on any atom is 0.326 e. The molecular weight excluding hydrogens is 339 g/mol. The molecule has 1 N–H and O–H groups in total. The van der Waals surface area contributed by atoms with Crippen LogP contribution in [0.1, 0.15) is 51.5 Å². The molecule has 7 heteroatoms. The van der Waals surface area contributed by atoms with E-state index in [0.29, 0.717) is 18.4 Å². The molecule has 0 saturated carbocycles. The van der Waals surface area contributed by atoms with Crippen molar-refractivity contribution >= 4 is 17.9 Å². The van der Waals surface area contributed by atoms with Crippen molar-refractivity contribution in [3.8, 4) is 0 Å². The molecule has 1 saturated heterocycles. The fraction of sp³-hybridized carbons (Fsp3) is 0.526. The predicted octanol–water partition coefficient (Wildman–Crippen LogP) is 3.11. The molecule has 1 aromatic carbocycles. The van der Waals surface area contributed by atoms with Crippen molar-refractivity contribution in [1.82, 2.24) is 10.2 Å². The zero-order valence-corrected chi connectivity index (χ0v) is 15.2. The smallest absolute Gasteiger partial charge is 0.326 e. The summed E-state index contributed by atoms with van der Waals surface area (Å²) < 4.78 is 18.3. The van der Waals surface area contributed by atoms with Gasteiger partial charge >= 0.3 is 12.0 Å². The first-order valence-electron chi connectivity index (χ1n) is 9.00. The van der Waals surface area contributed by atoms with E-state index in [1.54, 1.807) is 0 Å². The van der Waals surface area contributed by atoms with Crippen LogP contribution in [0.3, 0.4) is 0 Å². The Morgan fingerprint density at radius 1 is 1.15 bits per heavy atom. The van der Waals surface area contributed by atoms with Crippen molar-refractivity contribution in [3.05, 3.63) is 35.6 Å². The highest BCUT2D eigenvalue weighted by Crippen LogP contribution is 2.34. The van der Waals surface area contributed by atoms with Crippen molar-refractivity contribution in [2.75, 3.05) is 13.2 Å². The Balaban J connectivity index is 2.22. The fourth-order valence-electron chi connectivity index (χ4n) is 2.96. The van der Waals surface area contributed by atoms with Gasteiger partial charge in [-0.15, -0.1) is 0 Å². The maximum atomic E-state index is 13.3. The number of urea groups is 1. The molecule has 1 aromatic rings. The number of carbonyl (C=O) groups is 3. The Kier molecular flexibility index (Phi) is 6.71. The van der Waals surface area contributed by atoms with Crippen molar-refractivity contribution < 1.29 is 23.5 Å². The number of ether oxygens (including phenoxy) is 1. The van der Waals surface area contributed by atoms with E-state index in [1.165, 1.54) is 24.3 Å². The summed E-state index contributed by atoms with van der Waals surface area (Å²) in [5.74, 6) is -1.55. The molecule has 26 heavy (non-hydrogen) atoms. The summed E-state index contributed by atoms with van der Waals surface area (Å²) in [6.07, 6.45) is 3.49. The van der Waals surface area contributed by atoms with Crippen molar-refractivity contribution in [2.45, 2.75) is 51.5 Å². The topological polar surface area (TPSA) is 75.7 Å². The van der Waals surface area contributed by atoms with Crippen LogP contribution in [0.2, 0.25) is 0 Å². The average molecular weight is 364 g/mol. The summed E-state index contributed by atoms with van der Waals surface area (Å²) in [4.78, 5) is 38.2. The molecular formula is C19H25FN2O4. The zero-order chi connectivity index (χ0) is 19.2. The van der Waals surface area contributed by atoms with E-state index in [0.717, 1.165) is 24.2 Å². The molecule has 1 aliphatic heterocycles. The molecule has 0 aromatic heterocycles. The fourth-order valence-corrected chi connectivity index (χ4v) is 2.96. The molecule has 0 aliphatic carbocycles. The van der Waals surface area contributed by atoms with Gasteiger partial charge in [0.2, 0.25) is 0 Å². The van der Waals surface area contributed by atoms with Gasteiger partial charge in [0.15, 0.2) is 0 Å². The Bertz CT molecular complexity index is 662. The minimum atomic E-state index is -1.27. The molecule has 0 spiro atoms. The van der Waals surface area contributed by atoms with Crippen LogP contribution in [-0.2, 0) is 19.9 Å². The van der Waals surface area contributed by atoms with Gasteiger partial charge in [-0.3, -0.25) is 14.5 Å². The standard InChI is InChI=1S/C19H25FN2O4/c1-3-5-11-19(14-7-9-15(20)10-8-14)17(24)22(18(25)21-19)13-16(23)26-12-6-4-2/h7-10H,3-6,11-13H2,1-2H3,(H,21,25)/t19-/m1/s1. The number of benzene rings is 1. The number of nitrogens with zero attached hydrogens (tertiary/aromatic N) is 1. The van der Waals surface area contributed by atoms with Gasteiger partial charge in [-0.05, 0) is 30.5 Å². The second-order valence-electron chi connectivity index (χ2n) is 6.41. The van der Waals surface area contributed by atoms with Crippen LogP contribution in [0, 0.1) is 5.82 Å². The summed E-state index contributed by atoms with van der Waals surface area (Å²) in [6, 6.07) is 4.86. The predicted molar refractivity (Wildman–Crippen MR) is 93.7 cm³/mol. The molecule has 6 nitrogen and oxygen atoms in total. The van der Waals surface area contributed by atoms with Gasteiger partial charge in [0.1, 0.15) is 17.9 Å². The van der Waals surface area contributed by atoms with E-state index in [9.17, 15) is 18.8 Å². The number of esters is 1. The van der Waals surface area contributed by atoms with E-state index in [1.807, 2.05) is 13.8 Å². The van der Waals surface area contributed by atoms with Crippen LogP contribution in [0.5, 0.6) is 0 Å². The lowest BCUT2D eigenvalue weighted by atomic mass is 9.85. The number of unbranched alkanes of at least 4 members (excludes halogenated alkanes) is 2. The average Bonchev–Trinajstić information content (AvgIpc) is 2.86. The van der Waals surface area contributed by atoms with Crippen LogP contribution in [0.25, 0.3) is 0 Å². The number of hydrogen-bond donors (Lipinski definition) is 1. The summed E-state index contributed by atoms with van der Waals surface area (Å²) in [5, 5.41) is 2.72. The summed E-state index contributed by atoms with van der Waals surface area (Å²) in [5.41, 5.74) is -0.766. The van der Waals surface area contributed by atoms with E-state index in [4.69, 9.17) is 4.74 Å². The third kappa shape index (κ3) is 4.20. The first kappa shape index (κ1) is 19.9. The number of amides is 3. The number of hydrogen-bond acceptors (Lipinski definition) is 4. The largest absolute Gasteiger partial charge is 0.464 e. The lowest BCUT2D eigenvalue weighted by Crippen LogP contribution is -2.44. The molecule has 2 rings (SSSR count). The van der Waals surface area contributed by atoms with E-state index in [-0.39, 0.29) is 6.61 Å². The highest BCUT2D eigenvalue weighted by atomic mass is 19.1. The minimum absolute atomic E-state index is 0.262. The van der Waals surface area contributed by atoms with Gasteiger partial charge in [0, 0.05) is 0 Å². The maximum absolute atomic E-state index is 13.3. The Labute approximate surface area is 152 Å². The van der Waals surface area contributed by atoms with Crippen LogP contribution in [0.15, 0.2) is 24.3 Å². The molecule has 1 fully saturated rings. The SMILES string of the molecule is CCCCOC(=O)CN1C(=O)N[C@](CCCC)(c2ccc(F)cc2)C1=O. The third-order valence-corrected chi connectivity index (χ3v) is 4.47. The highest BCUT2D eigenvalue weighted by molar-refractivity contribution is 6.09. The van der Waals surface area contributed by atoms with Crippen molar-refractivity contribution in [1.29, 1.82) is 0 Å². The molecule has 142 valence electrons. The van der Waals surface area contributed by atoms with Crippen LogP contribution in [0.4, 0.5) is 9.18 Å².